The van der Waals surface area contributed by atoms with E-state index in [0.29, 0.717) is 23.9 Å². The number of nitrogens with two attached hydrogens (primary N) is 1. The number of hydrogen-bond acceptors (Lipinski definition) is 2. The second-order valence-corrected chi connectivity index (χ2v) is 8.79. The quantitative estimate of drug-likeness (QED) is 0.724. The molecule has 3 N–H and O–H groups in total. The smallest absolute Gasteiger partial charge is 0.223 e. The van der Waals surface area contributed by atoms with E-state index in [1.807, 2.05) is 0 Å². The van der Waals surface area contributed by atoms with Gasteiger partial charge in [0.2, 0.25) is 5.91 Å². The van der Waals surface area contributed by atoms with Crippen LogP contribution in [-0.2, 0) is 4.79 Å². The van der Waals surface area contributed by atoms with E-state index in [-0.39, 0.29) is 5.92 Å². The Morgan fingerprint density at radius 2 is 1.24 bits per heavy atom. The fraction of sp³-hybridized carbons (Fsp3) is 0.955. The molecular formula is C22H42N2O. The van der Waals surface area contributed by atoms with Crippen LogP contribution in [-0.4, -0.2) is 18.0 Å². The Hall–Kier alpha value is -0.570. The number of nitrogens with one attached hydrogen (secondary N) is 1. The fourth-order valence-corrected chi connectivity index (χ4v) is 4.77. The highest BCUT2D eigenvalue weighted by Gasteiger charge is 2.23. The van der Waals surface area contributed by atoms with Crippen LogP contribution in [0.4, 0.5) is 0 Å². The van der Waals surface area contributed by atoms with Crippen LogP contribution in [0.15, 0.2) is 0 Å². The van der Waals surface area contributed by atoms with Gasteiger partial charge in [-0.15, -0.1) is 0 Å². The zero-order valence-corrected chi connectivity index (χ0v) is 16.6. The zero-order valence-electron chi connectivity index (χ0n) is 16.6. The van der Waals surface area contributed by atoms with Crippen molar-refractivity contribution < 1.29 is 4.79 Å². The van der Waals surface area contributed by atoms with E-state index in [9.17, 15) is 4.79 Å². The molecule has 2 rings (SSSR count). The number of carbonyl (C=O) groups is 1. The molecule has 3 nitrogen and oxygen atoms in total. The van der Waals surface area contributed by atoms with Crippen LogP contribution < -0.4 is 11.1 Å². The van der Waals surface area contributed by atoms with Crippen molar-refractivity contribution in [3.05, 3.63) is 0 Å². The van der Waals surface area contributed by atoms with Crippen molar-refractivity contribution >= 4 is 5.91 Å². The summed E-state index contributed by atoms with van der Waals surface area (Å²) < 4.78 is 0. The van der Waals surface area contributed by atoms with E-state index in [1.165, 1.54) is 83.5 Å². The standard InChI is InChI=1S/C22H42N2O/c1-18(23)19-12-7-6-8-13-20(15-11-14-19)22(25)24-21-16-9-4-2-3-5-10-17-21/h18-21H,2-17,23H2,1H3,(H,24,25). The molecule has 0 aromatic rings. The van der Waals surface area contributed by atoms with Crippen LogP contribution in [0, 0.1) is 11.8 Å². The molecular weight excluding hydrogens is 308 g/mol. The van der Waals surface area contributed by atoms with Crippen molar-refractivity contribution in [2.24, 2.45) is 17.6 Å². The van der Waals surface area contributed by atoms with Crippen molar-refractivity contribution in [2.45, 2.75) is 122 Å². The van der Waals surface area contributed by atoms with Gasteiger partial charge in [0, 0.05) is 18.0 Å². The number of rotatable bonds is 3. The molecule has 146 valence electrons. The van der Waals surface area contributed by atoms with E-state index >= 15 is 0 Å². The molecule has 0 heterocycles. The molecule has 0 aromatic heterocycles. The van der Waals surface area contributed by atoms with Gasteiger partial charge in [-0.3, -0.25) is 4.79 Å². The monoisotopic (exact) mass is 350 g/mol. The first-order chi connectivity index (χ1) is 12.2. The van der Waals surface area contributed by atoms with Gasteiger partial charge in [-0.2, -0.15) is 0 Å². The molecule has 2 aliphatic rings. The molecule has 0 saturated heterocycles. The summed E-state index contributed by atoms with van der Waals surface area (Å²) in [5.41, 5.74) is 6.16. The molecule has 2 fully saturated rings. The Morgan fingerprint density at radius 3 is 1.92 bits per heavy atom. The summed E-state index contributed by atoms with van der Waals surface area (Å²) in [7, 11) is 0. The molecule has 0 radical (unpaired) electrons. The Labute approximate surface area is 155 Å². The van der Waals surface area contributed by atoms with Crippen molar-refractivity contribution in [1.82, 2.24) is 5.32 Å². The summed E-state index contributed by atoms with van der Waals surface area (Å²) in [5.74, 6) is 1.23. The predicted molar refractivity (Wildman–Crippen MR) is 106 cm³/mol. The van der Waals surface area contributed by atoms with Crippen molar-refractivity contribution in [3.63, 3.8) is 0 Å². The summed E-state index contributed by atoms with van der Waals surface area (Å²) in [6, 6.07) is 0.725. The highest BCUT2D eigenvalue weighted by atomic mass is 16.1. The third-order valence-electron chi connectivity index (χ3n) is 6.57. The molecule has 0 bridgehead atoms. The zero-order chi connectivity index (χ0) is 17.9. The van der Waals surface area contributed by atoms with Crippen molar-refractivity contribution in [3.8, 4) is 0 Å². The minimum absolute atomic E-state index is 0.236. The van der Waals surface area contributed by atoms with Crippen molar-refractivity contribution in [1.29, 1.82) is 0 Å². The maximum atomic E-state index is 12.9. The minimum atomic E-state index is 0.236. The Balaban J connectivity index is 1.82. The average molecular weight is 351 g/mol. The summed E-state index contributed by atoms with van der Waals surface area (Å²) >= 11 is 0. The normalized spacial score (nSPS) is 29.7. The van der Waals surface area contributed by atoms with Crippen LogP contribution in [0.1, 0.15) is 110 Å². The van der Waals surface area contributed by atoms with Gasteiger partial charge in [0.1, 0.15) is 0 Å². The summed E-state index contributed by atoms with van der Waals surface area (Å²) in [5, 5.41) is 3.44. The second kappa shape index (κ2) is 11.9. The number of carbonyl (C=O) groups excluding carboxylic acids is 1. The summed E-state index contributed by atoms with van der Waals surface area (Å²) in [4.78, 5) is 12.9. The number of amides is 1. The topological polar surface area (TPSA) is 55.1 Å². The highest BCUT2D eigenvalue weighted by molar-refractivity contribution is 5.78. The Bertz CT molecular complexity index is 359. The summed E-state index contributed by atoms with van der Waals surface area (Å²) in [6.07, 6.45) is 19.9. The van der Waals surface area contributed by atoms with E-state index < -0.39 is 0 Å². The van der Waals surface area contributed by atoms with Gasteiger partial charge in [0.25, 0.3) is 0 Å². The largest absolute Gasteiger partial charge is 0.353 e. The van der Waals surface area contributed by atoms with Gasteiger partial charge in [-0.1, -0.05) is 64.2 Å². The predicted octanol–water partition coefficient (Wildman–Crippen LogP) is 5.32. The lowest BCUT2D eigenvalue weighted by Crippen LogP contribution is -2.39. The third-order valence-corrected chi connectivity index (χ3v) is 6.57. The molecule has 3 atom stereocenters. The lowest BCUT2D eigenvalue weighted by atomic mass is 9.84. The maximum absolute atomic E-state index is 12.9. The van der Waals surface area contributed by atoms with E-state index in [1.54, 1.807) is 0 Å². The van der Waals surface area contributed by atoms with E-state index in [0.717, 1.165) is 19.3 Å². The van der Waals surface area contributed by atoms with Crippen LogP contribution in [0.3, 0.4) is 0 Å². The Morgan fingerprint density at radius 1 is 0.760 bits per heavy atom. The number of hydrogen-bond donors (Lipinski definition) is 2. The molecule has 0 spiro atoms. The van der Waals surface area contributed by atoms with Crippen molar-refractivity contribution in [2.75, 3.05) is 0 Å². The third kappa shape index (κ3) is 8.11. The van der Waals surface area contributed by atoms with Gasteiger partial charge in [0.15, 0.2) is 0 Å². The first-order valence-electron chi connectivity index (χ1n) is 11.2. The van der Waals surface area contributed by atoms with Gasteiger partial charge in [0.05, 0.1) is 0 Å². The lowest BCUT2D eigenvalue weighted by Gasteiger charge is -2.26. The van der Waals surface area contributed by atoms with Crippen LogP contribution in [0.2, 0.25) is 0 Å². The molecule has 3 heteroatoms. The van der Waals surface area contributed by atoms with Crippen LogP contribution >= 0.6 is 0 Å². The molecule has 2 saturated carbocycles. The highest BCUT2D eigenvalue weighted by Crippen LogP contribution is 2.27. The van der Waals surface area contributed by atoms with Gasteiger partial charge < -0.3 is 11.1 Å². The van der Waals surface area contributed by atoms with Gasteiger partial charge >= 0.3 is 0 Å². The van der Waals surface area contributed by atoms with E-state index in [2.05, 4.69) is 12.2 Å². The first kappa shape index (κ1) is 20.7. The first-order valence-corrected chi connectivity index (χ1v) is 11.2. The maximum Gasteiger partial charge on any atom is 0.223 e. The Kier molecular flexibility index (Phi) is 9.90. The molecule has 1 amide bonds. The van der Waals surface area contributed by atoms with Crippen LogP contribution in [0.5, 0.6) is 0 Å². The van der Waals surface area contributed by atoms with Gasteiger partial charge in [-0.25, -0.2) is 0 Å². The molecule has 0 aromatic carbocycles. The minimum Gasteiger partial charge on any atom is -0.353 e. The molecule has 2 aliphatic carbocycles. The van der Waals surface area contributed by atoms with E-state index in [4.69, 9.17) is 5.73 Å². The lowest BCUT2D eigenvalue weighted by molar-refractivity contribution is -0.126. The average Bonchev–Trinajstić information content (AvgIpc) is 2.72. The fourth-order valence-electron chi connectivity index (χ4n) is 4.77. The van der Waals surface area contributed by atoms with Crippen LogP contribution in [0.25, 0.3) is 0 Å². The summed E-state index contributed by atoms with van der Waals surface area (Å²) in [6.45, 7) is 2.15. The molecule has 25 heavy (non-hydrogen) atoms. The molecule has 3 unspecified atom stereocenters. The van der Waals surface area contributed by atoms with Gasteiger partial charge in [-0.05, 0) is 51.4 Å². The second-order valence-electron chi connectivity index (χ2n) is 8.79. The SMILES string of the molecule is CC(N)C1CCCCCC(C(=O)NC2CCCCCCCC2)CCC1. The molecule has 0 aliphatic heterocycles.